The summed E-state index contributed by atoms with van der Waals surface area (Å²) in [4.78, 5) is 13.5. The van der Waals surface area contributed by atoms with E-state index >= 15 is 0 Å². The van der Waals surface area contributed by atoms with Gasteiger partial charge in [-0.1, -0.05) is 30.3 Å². The monoisotopic (exact) mass is 546 g/mol. The van der Waals surface area contributed by atoms with E-state index in [4.69, 9.17) is 10.1 Å². The molecule has 0 aliphatic rings. The van der Waals surface area contributed by atoms with Crippen molar-refractivity contribution in [3.63, 3.8) is 0 Å². The van der Waals surface area contributed by atoms with E-state index < -0.39 is 10.0 Å². The highest BCUT2D eigenvalue weighted by Crippen LogP contribution is 2.21. The summed E-state index contributed by atoms with van der Waals surface area (Å²) in [7, 11) is -1.64. The Hall–Kier alpha value is -4.55. The Morgan fingerprint density at radius 1 is 0.872 bits per heavy atom. The summed E-state index contributed by atoms with van der Waals surface area (Å²) in [6.45, 7) is 1.07. The number of aromatic nitrogens is 4. The molecule has 10 nitrogen and oxygen atoms in total. The molecule has 39 heavy (non-hydrogen) atoms. The number of aryl methyl sites for hydroxylation is 1. The highest BCUT2D eigenvalue weighted by molar-refractivity contribution is 7.88. The number of imidazole rings is 1. The molecule has 5 N–H and O–H groups in total. The minimum atomic E-state index is -3.58. The molecule has 0 spiro atoms. The maximum Gasteiger partial charge on any atom is 0.229 e. The number of primary sulfonamides is 1. The number of anilines is 4. The van der Waals surface area contributed by atoms with E-state index in [1.54, 1.807) is 48.7 Å². The molecule has 0 aliphatic carbocycles. The molecule has 0 aliphatic heterocycles. The maximum absolute atomic E-state index is 13.2. The van der Waals surface area contributed by atoms with Gasteiger partial charge in [0.05, 0.1) is 16.8 Å². The molecule has 0 saturated carbocycles. The van der Waals surface area contributed by atoms with Gasteiger partial charge in [-0.3, -0.25) is 0 Å². The van der Waals surface area contributed by atoms with Gasteiger partial charge in [0.2, 0.25) is 21.9 Å². The van der Waals surface area contributed by atoms with E-state index in [2.05, 4.69) is 25.9 Å². The zero-order valence-electron chi connectivity index (χ0n) is 21.1. The summed E-state index contributed by atoms with van der Waals surface area (Å²) in [5.74, 6) is 1.29. The van der Waals surface area contributed by atoms with Crippen LogP contribution in [0, 0.1) is 5.82 Å². The lowest BCUT2D eigenvalue weighted by Gasteiger charge is -2.09. The van der Waals surface area contributed by atoms with Gasteiger partial charge in [-0.15, -0.1) is 0 Å². The summed E-state index contributed by atoms with van der Waals surface area (Å²) >= 11 is 0. The molecule has 5 rings (SSSR count). The number of sulfonamides is 1. The lowest BCUT2D eigenvalue weighted by Crippen LogP contribution is -2.14. The van der Waals surface area contributed by atoms with Gasteiger partial charge in [-0.2, -0.15) is 4.98 Å². The van der Waals surface area contributed by atoms with Gasteiger partial charge in [-0.05, 0) is 59.2 Å². The second-order valence-corrected chi connectivity index (χ2v) is 10.7. The van der Waals surface area contributed by atoms with Crippen LogP contribution in [0.2, 0.25) is 0 Å². The predicted octanol–water partition coefficient (Wildman–Crippen LogP) is 4.26. The molecule has 0 radical (unpaired) electrons. The Labute approximate surface area is 225 Å². The topological polar surface area (TPSA) is 140 Å². The van der Waals surface area contributed by atoms with E-state index in [0.29, 0.717) is 30.4 Å². The van der Waals surface area contributed by atoms with Crippen molar-refractivity contribution in [1.82, 2.24) is 19.5 Å². The normalized spacial score (nSPS) is 11.5. The number of nitrogens with zero attached hydrogens (tertiary/aromatic N) is 4. The molecule has 0 saturated heterocycles. The number of fused-ring (bicyclic) bond motifs is 1. The molecule has 0 bridgehead atoms. The maximum atomic E-state index is 13.2. The van der Waals surface area contributed by atoms with Gasteiger partial charge in [0.15, 0.2) is 0 Å². The molecule has 3 aromatic carbocycles. The average Bonchev–Trinajstić information content (AvgIpc) is 3.22. The van der Waals surface area contributed by atoms with Crippen molar-refractivity contribution >= 4 is 44.5 Å². The van der Waals surface area contributed by atoms with E-state index in [1.807, 2.05) is 29.8 Å². The minimum absolute atomic E-state index is 0.221. The number of hydrogen-bond acceptors (Lipinski definition) is 8. The van der Waals surface area contributed by atoms with Crippen LogP contribution in [-0.2, 0) is 35.9 Å². The molecule has 0 unspecified atom stereocenters. The van der Waals surface area contributed by atoms with Crippen LogP contribution in [0.4, 0.5) is 27.8 Å². The molecule has 5 aromatic rings. The molecule has 2 heterocycles. The van der Waals surface area contributed by atoms with Crippen molar-refractivity contribution in [2.45, 2.75) is 18.8 Å². The van der Waals surface area contributed by atoms with Crippen molar-refractivity contribution in [1.29, 1.82) is 0 Å². The molecule has 2 aromatic heterocycles. The fraction of sp³-hybridized carbons (Fsp3) is 0.148. The van der Waals surface area contributed by atoms with Crippen LogP contribution in [0.1, 0.15) is 16.7 Å². The molecular formula is C27H27FN8O2S. The van der Waals surface area contributed by atoms with Crippen molar-refractivity contribution in [2.75, 3.05) is 16.0 Å². The third kappa shape index (κ3) is 6.86. The largest absolute Gasteiger partial charge is 0.366 e. The highest BCUT2D eigenvalue weighted by atomic mass is 32.2. The van der Waals surface area contributed by atoms with Crippen LogP contribution >= 0.6 is 0 Å². The van der Waals surface area contributed by atoms with Gasteiger partial charge >= 0.3 is 0 Å². The number of nitrogens with two attached hydrogens (primary N) is 1. The molecule has 0 amide bonds. The minimum Gasteiger partial charge on any atom is -0.366 e. The van der Waals surface area contributed by atoms with E-state index in [0.717, 1.165) is 33.8 Å². The third-order valence-electron chi connectivity index (χ3n) is 6.02. The van der Waals surface area contributed by atoms with Gasteiger partial charge in [0.25, 0.3) is 0 Å². The Morgan fingerprint density at radius 2 is 1.56 bits per heavy atom. The fourth-order valence-corrected chi connectivity index (χ4v) is 4.71. The van der Waals surface area contributed by atoms with Crippen LogP contribution < -0.4 is 21.1 Å². The zero-order valence-corrected chi connectivity index (χ0v) is 21.9. The van der Waals surface area contributed by atoms with Crippen LogP contribution in [0.15, 0.2) is 79.0 Å². The van der Waals surface area contributed by atoms with Gasteiger partial charge < -0.3 is 20.5 Å². The van der Waals surface area contributed by atoms with E-state index in [-0.39, 0.29) is 11.6 Å². The van der Waals surface area contributed by atoms with Crippen molar-refractivity contribution < 1.29 is 12.8 Å². The standard InChI is InChI=1S/C27H27FN8O2S/c1-36-24-11-6-20(14-23(24)34-27(36)32-15-18-2-7-21(28)8-3-18)16-31-25-12-13-30-26(35-25)33-22-9-4-19(5-10-22)17-39(29,37)38/h2-14H,15-17H2,1H3,(H,32,34)(H2,29,37,38)(H2,30,31,33,35). The van der Waals surface area contributed by atoms with Gasteiger partial charge in [0, 0.05) is 32.0 Å². The number of nitrogens with one attached hydrogen (secondary N) is 3. The lowest BCUT2D eigenvalue weighted by molar-refractivity contribution is 0.597. The zero-order chi connectivity index (χ0) is 27.4. The van der Waals surface area contributed by atoms with Crippen LogP contribution in [0.25, 0.3) is 11.0 Å². The van der Waals surface area contributed by atoms with E-state index in [1.165, 1.54) is 12.1 Å². The molecule has 200 valence electrons. The predicted molar refractivity (Wildman–Crippen MR) is 150 cm³/mol. The summed E-state index contributed by atoms with van der Waals surface area (Å²) in [6, 6.07) is 21.1. The molecule has 0 atom stereocenters. The summed E-state index contributed by atoms with van der Waals surface area (Å²) in [5, 5.41) is 14.8. The quantitative estimate of drug-likeness (QED) is 0.204. The van der Waals surface area contributed by atoms with Crippen LogP contribution in [0.5, 0.6) is 0 Å². The SMILES string of the molecule is Cn1c(NCc2ccc(F)cc2)nc2cc(CNc3ccnc(Nc4ccc(CS(N)(=O)=O)cc4)n3)ccc21. The Balaban J connectivity index is 1.21. The van der Waals surface area contributed by atoms with Crippen molar-refractivity contribution in [3.8, 4) is 0 Å². The number of rotatable bonds is 10. The first-order valence-electron chi connectivity index (χ1n) is 12.1. The van der Waals surface area contributed by atoms with Crippen LogP contribution in [0.3, 0.4) is 0 Å². The van der Waals surface area contributed by atoms with Crippen molar-refractivity contribution in [3.05, 3.63) is 102 Å². The van der Waals surface area contributed by atoms with Crippen molar-refractivity contribution in [2.24, 2.45) is 12.2 Å². The van der Waals surface area contributed by atoms with E-state index in [9.17, 15) is 12.8 Å². The Bertz CT molecular complexity index is 1700. The molecule has 12 heteroatoms. The van der Waals surface area contributed by atoms with Gasteiger partial charge in [0.1, 0.15) is 11.6 Å². The summed E-state index contributed by atoms with van der Waals surface area (Å²) < 4.78 is 37.7. The summed E-state index contributed by atoms with van der Waals surface area (Å²) in [6.07, 6.45) is 1.65. The first kappa shape index (κ1) is 26.1. The second-order valence-electron chi connectivity index (χ2n) is 9.05. The summed E-state index contributed by atoms with van der Waals surface area (Å²) in [5.41, 5.74) is 5.16. The first-order valence-corrected chi connectivity index (χ1v) is 13.8. The van der Waals surface area contributed by atoms with Crippen LogP contribution in [-0.4, -0.2) is 27.9 Å². The number of hydrogen-bond donors (Lipinski definition) is 4. The highest BCUT2D eigenvalue weighted by Gasteiger charge is 2.09. The second kappa shape index (κ2) is 11.1. The average molecular weight is 547 g/mol. The first-order chi connectivity index (χ1) is 18.7. The lowest BCUT2D eigenvalue weighted by atomic mass is 10.2. The molecular weight excluding hydrogens is 519 g/mol. The number of halogens is 1. The Morgan fingerprint density at radius 3 is 2.31 bits per heavy atom. The number of benzene rings is 3. The smallest absolute Gasteiger partial charge is 0.229 e. The molecule has 0 fully saturated rings. The fourth-order valence-electron chi connectivity index (χ4n) is 4.05. The third-order valence-corrected chi connectivity index (χ3v) is 6.75. The Kier molecular flexibility index (Phi) is 7.39. The van der Waals surface area contributed by atoms with Gasteiger partial charge in [-0.25, -0.2) is 27.9 Å².